The first kappa shape index (κ1) is 9.98. The highest BCUT2D eigenvalue weighted by molar-refractivity contribution is 5.44. The van der Waals surface area contributed by atoms with Crippen LogP contribution in [0.3, 0.4) is 0 Å². The van der Waals surface area contributed by atoms with Gasteiger partial charge in [-0.15, -0.1) is 0 Å². The summed E-state index contributed by atoms with van der Waals surface area (Å²) in [6, 6.07) is 3.23. The van der Waals surface area contributed by atoms with Crippen LogP contribution < -0.4 is 14.9 Å². The molecule has 0 radical (unpaired) electrons. The molecular weight excluding hydrogens is 196 g/mol. The van der Waals surface area contributed by atoms with Gasteiger partial charge in [0.2, 0.25) is 0 Å². The molecule has 0 fully saturated rings. The van der Waals surface area contributed by atoms with E-state index in [-0.39, 0.29) is 5.43 Å². The molecule has 15 heavy (non-hydrogen) atoms. The van der Waals surface area contributed by atoms with E-state index in [0.717, 1.165) is 5.56 Å². The van der Waals surface area contributed by atoms with E-state index < -0.39 is 0 Å². The highest BCUT2D eigenvalue weighted by Gasteiger charge is 2.16. The van der Waals surface area contributed by atoms with Crippen molar-refractivity contribution in [3.8, 4) is 11.5 Å². The van der Waals surface area contributed by atoms with Crippen LogP contribution in [0.5, 0.6) is 11.5 Å². The van der Waals surface area contributed by atoms with Gasteiger partial charge in [0.25, 0.3) is 0 Å². The summed E-state index contributed by atoms with van der Waals surface area (Å²) in [5, 5.41) is 0. The Morgan fingerprint density at radius 1 is 1.13 bits per heavy atom. The summed E-state index contributed by atoms with van der Waals surface area (Å²) >= 11 is 0. The molecule has 1 heterocycles. The van der Waals surface area contributed by atoms with Gasteiger partial charge in [-0.2, -0.15) is 0 Å². The van der Waals surface area contributed by atoms with Crippen molar-refractivity contribution in [1.29, 1.82) is 0 Å². The molecule has 80 valence electrons. The van der Waals surface area contributed by atoms with E-state index in [2.05, 4.69) is 0 Å². The second-order valence-corrected chi connectivity index (χ2v) is 3.29. The molecule has 0 saturated carbocycles. The van der Waals surface area contributed by atoms with Crippen LogP contribution in [0.1, 0.15) is 11.1 Å². The summed E-state index contributed by atoms with van der Waals surface area (Å²) in [5.41, 5.74) is 1.50. The SMILES string of the molecule is COc1cc2c(c(=O)cc1OC)COC2. The summed E-state index contributed by atoms with van der Waals surface area (Å²) in [6.45, 7) is 0.827. The molecule has 1 aromatic rings. The molecule has 0 spiro atoms. The van der Waals surface area contributed by atoms with Crippen molar-refractivity contribution in [2.75, 3.05) is 14.2 Å². The minimum Gasteiger partial charge on any atom is -0.493 e. The second-order valence-electron chi connectivity index (χ2n) is 3.29. The lowest BCUT2D eigenvalue weighted by Crippen LogP contribution is -2.03. The van der Waals surface area contributed by atoms with Crippen LogP contribution in [0.25, 0.3) is 0 Å². The predicted molar refractivity (Wildman–Crippen MR) is 54.3 cm³/mol. The third-order valence-electron chi connectivity index (χ3n) is 2.44. The molecule has 1 aromatic carbocycles. The van der Waals surface area contributed by atoms with Gasteiger partial charge in [-0.3, -0.25) is 4.79 Å². The van der Waals surface area contributed by atoms with Crippen molar-refractivity contribution in [3.05, 3.63) is 33.5 Å². The van der Waals surface area contributed by atoms with Gasteiger partial charge in [-0.05, 0) is 11.6 Å². The summed E-state index contributed by atoms with van der Waals surface area (Å²) in [5.74, 6) is 1.01. The van der Waals surface area contributed by atoms with Crippen LogP contribution >= 0.6 is 0 Å². The summed E-state index contributed by atoms with van der Waals surface area (Å²) in [4.78, 5) is 11.7. The fourth-order valence-corrected chi connectivity index (χ4v) is 1.63. The molecule has 4 nitrogen and oxygen atoms in total. The minimum atomic E-state index is -0.0670. The molecule has 0 aliphatic carbocycles. The smallest absolute Gasteiger partial charge is 0.188 e. The minimum absolute atomic E-state index is 0.0670. The van der Waals surface area contributed by atoms with Crippen molar-refractivity contribution >= 4 is 0 Å². The third-order valence-corrected chi connectivity index (χ3v) is 2.44. The Labute approximate surface area is 87.4 Å². The maximum Gasteiger partial charge on any atom is 0.188 e. The fourth-order valence-electron chi connectivity index (χ4n) is 1.63. The molecule has 0 N–H and O–H groups in total. The van der Waals surface area contributed by atoms with Crippen molar-refractivity contribution in [2.45, 2.75) is 13.2 Å². The Kier molecular flexibility index (Phi) is 2.60. The Morgan fingerprint density at radius 3 is 2.47 bits per heavy atom. The maximum absolute atomic E-state index is 11.7. The van der Waals surface area contributed by atoms with E-state index in [1.807, 2.05) is 0 Å². The Bertz CT molecular complexity index is 439. The van der Waals surface area contributed by atoms with Crippen LogP contribution in [0, 0.1) is 0 Å². The van der Waals surface area contributed by atoms with Gasteiger partial charge in [0.05, 0.1) is 27.4 Å². The molecule has 0 amide bonds. The normalized spacial score (nSPS) is 13.5. The molecular formula is C11H12O4. The molecule has 0 bridgehead atoms. The van der Waals surface area contributed by atoms with Crippen LogP contribution in [0.2, 0.25) is 0 Å². The molecule has 0 unspecified atom stereocenters. The van der Waals surface area contributed by atoms with E-state index in [0.29, 0.717) is 30.3 Å². The van der Waals surface area contributed by atoms with E-state index in [1.54, 1.807) is 13.2 Å². The topological polar surface area (TPSA) is 44.8 Å². The first-order valence-corrected chi connectivity index (χ1v) is 4.62. The van der Waals surface area contributed by atoms with Gasteiger partial charge < -0.3 is 14.2 Å². The van der Waals surface area contributed by atoms with Gasteiger partial charge in [0.1, 0.15) is 0 Å². The lowest BCUT2D eigenvalue weighted by molar-refractivity contribution is 0.134. The lowest BCUT2D eigenvalue weighted by atomic mass is 10.2. The van der Waals surface area contributed by atoms with Crippen LogP contribution in [0.4, 0.5) is 0 Å². The van der Waals surface area contributed by atoms with E-state index >= 15 is 0 Å². The number of ether oxygens (including phenoxy) is 3. The summed E-state index contributed by atoms with van der Waals surface area (Å²) < 4.78 is 15.5. The Hall–Kier alpha value is -1.55. The van der Waals surface area contributed by atoms with E-state index in [4.69, 9.17) is 14.2 Å². The lowest BCUT2D eigenvalue weighted by Gasteiger charge is -2.02. The Balaban J connectivity index is 2.70. The van der Waals surface area contributed by atoms with Gasteiger partial charge in [0, 0.05) is 11.6 Å². The zero-order chi connectivity index (χ0) is 10.8. The van der Waals surface area contributed by atoms with Gasteiger partial charge >= 0.3 is 0 Å². The van der Waals surface area contributed by atoms with Gasteiger partial charge in [-0.1, -0.05) is 0 Å². The van der Waals surface area contributed by atoms with Crippen molar-refractivity contribution < 1.29 is 14.2 Å². The average molecular weight is 208 g/mol. The first-order chi connectivity index (χ1) is 7.26. The highest BCUT2D eigenvalue weighted by atomic mass is 16.5. The molecule has 1 aliphatic rings. The molecule has 0 saturated heterocycles. The van der Waals surface area contributed by atoms with Crippen molar-refractivity contribution in [3.63, 3.8) is 0 Å². The second kappa shape index (κ2) is 3.90. The molecule has 0 aromatic heterocycles. The van der Waals surface area contributed by atoms with E-state index in [1.165, 1.54) is 13.2 Å². The quantitative estimate of drug-likeness (QED) is 0.730. The number of rotatable bonds is 2. The fraction of sp³-hybridized carbons (Fsp3) is 0.364. The summed E-state index contributed by atoms with van der Waals surface area (Å²) in [7, 11) is 3.06. The summed E-state index contributed by atoms with van der Waals surface area (Å²) in [6.07, 6.45) is 0. The predicted octanol–water partition coefficient (Wildman–Crippen LogP) is 1.09. The third kappa shape index (κ3) is 1.68. The van der Waals surface area contributed by atoms with Crippen LogP contribution in [-0.4, -0.2) is 14.2 Å². The molecule has 4 heteroatoms. The number of fused-ring (bicyclic) bond motifs is 1. The zero-order valence-electron chi connectivity index (χ0n) is 8.70. The largest absolute Gasteiger partial charge is 0.493 e. The van der Waals surface area contributed by atoms with Crippen molar-refractivity contribution in [2.24, 2.45) is 0 Å². The Morgan fingerprint density at radius 2 is 1.80 bits per heavy atom. The highest BCUT2D eigenvalue weighted by Crippen LogP contribution is 2.28. The maximum atomic E-state index is 11.7. The van der Waals surface area contributed by atoms with Gasteiger partial charge in [0.15, 0.2) is 16.9 Å². The van der Waals surface area contributed by atoms with Gasteiger partial charge in [-0.25, -0.2) is 0 Å². The molecule has 2 rings (SSSR count). The average Bonchev–Trinajstić information content (AvgIpc) is 2.66. The molecule has 0 atom stereocenters. The molecule has 1 aliphatic heterocycles. The zero-order valence-corrected chi connectivity index (χ0v) is 8.70. The van der Waals surface area contributed by atoms with Crippen molar-refractivity contribution in [1.82, 2.24) is 0 Å². The number of hydrogen-bond acceptors (Lipinski definition) is 4. The van der Waals surface area contributed by atoms with E-state index in [9.17, 15) is 4.79 Å². The first-order valence-electron chi connectivity index (χ1n) is 4.62. The standard InChI is InChI=1S/C11H12O4/c1-13-10-3-7-5-15-6-8(7)9(12)4-11(10)14-2/h3-4H,5-6H2,1-2H3. The monoisotopic (exact) mass is 208 g/mol. The van der Waals surface area contributed by atoms with Crippen LogP contribution in [-0.2, 0) is 18.0 Å². The van der Waals surface area contributed by atoms with Crippen LogP contribution in [0.15, 0.2) is 16.9 Å². The number of hydrogen-bond donors (Lipinski definition) is 0. The number of methoxy groups -OCH3 is 2.